The van der Waals surface area contributed by atoms with Crippen LogP contribution in [0, 0.1) is 20.8 Å². The molecule has 0 amide bonds. The van der Waals surface area contributed by atoms with Crippen molar-refractivity contribution in [2.75, 3.05) is 3.71 Å². The van der Waals surface area contributed by atoms with E-state index < -0.39 is 20.0 Å². The van der Waals surface area contributed by atoms with Crippen LogP contribution in [0.5, 0.6) is 0 Å². The van der Waals surface area contributed by atoms with E-state index in [9.17, 15) is 16.8 Å². The lowest BCUT2D eigenvalue weighted by Crippen LogP contribution is -2.38. The van der Waals surface area contributed by atoms with Gasteiger partial charge < -0.3 is 0 Å². The van der Waals surface area contributed by atoms with Gasteiger partial charge in [-0.05, 0) is 62.2 Å². The minimum atomic E-state index is -4.77. The average Bonchev–Trinajstić information content (AvgIpc) is 3.14. The lowest BCUT2D eigenvalue weighted by molar-refractivity contribution is 0.584. The highest BCUT2D eigenvalue weighted by Crippen LogP contribution is 2.42. The number of hydrogen-bond donors (Lipinski definition) is 0. The molecule has 4 rings (SSSR count). The molecule has 6 nitrogen and oxygen atoms in total. The Hall–Kier alpha value is -1.88. The molecule has 1 aromatic heterocycles. The first-order valence-corrected chi connectivity index (χ1v) is 14.6. The van der Waals surface area contributed by atoms with Crippen LogP contribution in [0.15, 0.2) is 58.3 Å². The van der Waals surface area contributed by atoms with Crippen LogP contribution < -0.4 is 3.71 Å². The number of halogens is 3. The van der Waals surface area contributed by atoms with Gasteiger partial charge in [0.1, 0.15) is 10.4 Å². The topological polar surface area (TPSA) is 84.4 Å². The van der Waals surface area contributed by atoms with Gasteiger partial charge in [0, 0.05) is 5.02 Å². The maximum atomic E-state index is 14.0. The van der Waals surface area contributed by atoms with Gasteiger partial charge in [-0.1, -0.05) is 53.0 Å². The maximum absolute atomic E-state index is 14.0. The molecular weight excluding hydrogens is 559 g/mol. The van der Waals surface area contributed by atoms with Gasteiger partial charge in [-0.25, -0.2) is 4.98 Å². The molecule has 0 radical (unpaired) electrons. The predicted octanol–water partition coefficient (Wildman–Crippen LogP) is 6.77. The lowest BCUT2D eigenvalue weighted by Gasteiger charge is -2.26. The molecule has 0 spiro atoms. The normalized spacial score (nSPS) is 12.3. The van der Waals surface area contributed by atoms with Crippen LogP contribution >= 0.6 is 46.1 Å². The molecule has 34 heavy (non-hydrogen) atoms. The minimum Gasteiger partial charge on any atom is -0.240 e. The Morgan fingerprint density at radius 1 is 0.794 bits per heavy atom. The van der Waals surface area contributed by atoms with Gasteiger partial charge in [-0.3, -0.25) is 0 Å². The largest absolute Gasteiger partial charge is 0.279 e. The number of nitrogens with zero attached hydrogens (tertiary/aromatic N) is 2. The monoisotopic (exact) mass is 574 g/mol. The molecule has 0 N–H and O–H groups in total. The summed E-state index contributed by atoms with van der Waals surface area (Å²) in [5.74, 6) is 0. The first kappa shape index (κ1) is 25.2. The van der Waals surface area contributed by atoms with Gasteiger partial charge in [-0.15, -0.1) is 11.3 Å². The van der Waals surface area contributed by atoms with Crippen molar-refractivity contribution in [2.45, 2.75) is 30.6 Å². The zero-order valence-corrected chi connectivity index (χ0v) is 22.7. The molecule has 3 aromatic carbocycles. The van der Waals surface area contributed by atoms with Crippen LogP contribution in [0.2, 0.25) is 15.1 Å². The Bertz CT molecular complexity index is 1580. The van der Waals surface area contributed by atoms with E-state index in [-0.39, 0.29) is 36.1 Å². The smallest absolute Gasteiger partial charge is 0.240 e. The van der Waals surface area contributed by atoms with Gasteiger partial charge in [0.25, 0.3) is 20.0 Å². The Kier molecular flexibility index (Phi) is 6.65. The third-order valence-corrected chi connectivity index (χ3v) is 11.8. The standard InChI is InChI=1S/C22H17Cl3N2O4S3/c1-12-6-4-9-19(20(12)24)34(30,31)27(33(28,29)18-8-5-7-15(23)13(18)2)16-10-11-17-22(21(16)25)26-14(3)32-17/h4-11H,1-3H3. The van der Waals surface area contributed by atoms with Crippen molar-refractivity contribution < 1.29 is 16.8 Å². The molecule has 0 saturated heterocycles. The summed E-state index contributed by atoms with van der Waals surface area (Å²) in [5.41, 5.74) is 0.698. The molecule has 4 aromatic rings. The fourth-order valence-corrected chi connectivity index (χ4v) is 9.47. The van der Waals surface area contributed by atoms with E-state index in [0.29, 0.717) is 24.5 Å². The lowest BCUT2D eigenvalue weighted by atomic mass is 10.2. The Labute approximate surface area is 216 Å². The zero-order chi connectivity index (χ0) is 25.0. The number of rotatable bonds is 5. The van der Waals surface area contributed by atoms with Gasteiger partial charge in [0.15, 0.2) is 0 Å². The summed E-state index contributed by atoms with van der Waals surface area (Å²) in [5, 5.41) is 0.659. The maximum Gasteiger partial charge on any atom is 0.279 e. The van der Waals surface area contributed by atoms with E-state index >= 15 is 0 Å². The summed E-state index contributed by atoms with van der Waals surface area (Å²) in [6, 6.07) is 11.5. The second-order valence-corrected chi connectivity index (χ2v) is 13.6. The van der Waals surface area contributed by atoms with E-state index in [1.165, 1.54) is 54.7 Å². The molecule has 1 heterocycles. The SMILES string of the molecule is Cc1nc2c(Cl)c(N(S(=O)(=O)c3cccc(Cl)c3C)S(=O)(=O)c3cccc(C)c3Cl)ccc2s1. The van der Waals surface area contributed by atoms with Crippen LogP contribution in [0.3, 0.4) is 0 Å². The quantitative estimate of drug-likeness (QED) is 0.262. The van der Waals surface area contributed by atoms with Gasteiger partial charge >= 0.3 is 0 Å². The number of aromatic nitrogens is 1. The zero-order valence-electron chi connectivity index (χ0n) is 18.0. The average molecular weight is 576 g/mol. The summed E-state index contributed by atoms with van der Waals surface area (Å²) in [6.45, 7) is 4.89. The number of hydrogen-bond acceptors (Lipinski definition) is 6. The van der Waals surface area contributed by atoms with Crippen molar-refractivity contribution in [3.05, 3.63) is 79.7 Å². The van der Waals surface area contributed by atoms with E-state index in [1.807, 2.05) is 0 Å². The highest BCUT2D eigenvalue weighted by molar-refractivity contribution is 8.10. The van der Waals surface area contributed by atoms with Crippen molar-refractivity contribution in [2.24, 2.45) is 0 Å². The highest BCUT2D eigenvalue weighted by atomic mass is 35.5. The van der Waals surface area contributed by atoms with E-state index in [2.05, 4.69) is 4.98 Å². The minimum absolute atomic E-state index is 0.0905. The van der Waals surface area contributed by atoms with Crippen molar-refractivity contribution in [1.82, 2.24) is 4.98 Å². The van der Waals surface area contributed by atoms with Crippen LogP contribution in [-0.2, 0) is 20.0 Å². The summed E-state index contributed by atoms with van der Waals surface area (Å²) < 4.78 is 56.9. The Balaban J connectivity index is 2.10. The number of aryl methyl sites for hydroxylation is 2. The van der Waals surface area contributed by atoms with E-state index in [4.69, 9.17) is 34.8 Å². The Morgan fingerprint density at radius 2 is 1.41 bits per heavy atom. The number of thiazole rings is 1. The summed E-state index contributed by atoms with van der Waals surface area (Å²) in [7, 11) is -9.50. The molecule has 0 aliphatic carbocycles. The summed E-state index contributed by atoms with van der Waals surface area (Å²) >= 11 is 20.5. The second kappa shape index (κ2) is 8.96. The molecule has 178 valence electrons. The van der Waals surface area contributed by atoms with Crippen molar-refractivity contribution in [1.29, 1.82) is 0 Å². The van der Waals surface area contributed by atoms with Crippen LogP contribution in [0.25, 0.3) is 10.2 Å². The van der Waals surface area contributed by atoms with Crippen LogP contribution in [0.1, 0.15) is 16.1 Å². The number of anilines is 1. The first-order chi connectivity index (χ1) is 15.9. The first-order valence-electron chi connectivity index (χ1n) is 9.73. The summed E-state index contributed by atoms with van der Waals surface area (Å²) in [4.78, 5) is 3.70. The van der Waals surface area contributed by atoms with E-state index in [0.717, 1.165) is 0 Å². The van der Waals surface area contributed by atoms with Crippen molar-refractivity contribution in [3.8, 4) is 0 Å². The molecule has 0 fully saturated rings. The molecule has 0 unspecified atom stereocenters. The number of benzene rings is 3. The third-order valence-electron chi connectivity index (χ3n) is 5.15. The second-order valence-electron chi connectivity index (χ2n) is 7.44. The Morgan fingerprint density at radius 3 is 2.12 bits per heavy atom. The van der Waals surface area contributed by atoms with Crippen molar-refractivity contribution >= 4 is 82.1 Å². The predicted molar refractivity (Wildman–Crippen MR) is 139 cm³/mol. The van der Waals surface area contributed by atoms with Gasteiger partial charge in [0.05, 0.1) is 30.3 Å². The van der Waals surface area contributed by atoms with Crippen LogP contribution in [0.4, 0.5) is 5.69 Å². The van der Waals surface area contributed by atoms with Gasteiger partial charge in [0.2, 0.25) is 0 Å². The molecule has 0 aliphatic heterocycles. The van der Waals surface area contributed by atoms with Crippen LogP contribution in [-0.4, -0.2) is 21.8 Å². The number of fused-ring (bicyclic) bond motifs is 1. The fourth-order valence-electron chi connectivity index (χ4n) is 3.46. The third kappa shape index (κ3) is 4.08. The molecular formula is C22H17Cl3N2O4S3. The fraction of sp³-hybridized carbons (Fsp3) is 0.136. The molecule has 0 aliphatic rings. The molecule has 0 saturated carbocycles. The molecule has 0 atom stereocenters. The summed E-state index contributed by atoms with van der Waals surface area (Å²) in [6.07, 6.45) is 0. The van der Waals surface area contributed by atoms with Gasteiger partial charge in [-0.2, -0.15) is 20.5 Å². The van der Waals surface area contributed by atoms with Crippen molar-refractivity contribution in [3.63, 3.8) is 0 Å². The number of sulfonamides is 2. The molecule has 12 heteroatoms. The van der Waals surface area contributed by atoms with E-state index in [1.54, 1.807) is 26.0 Å². The highest BCUT2D eigenvalue weighted by Gasteiger charge is 2.40. The molecule has 0 bridgehead atoms.